The summed E-state index contributed by atoms with van der Waals surface area (Å²) in [6.07, 6.45) is 0. The normalized spacial score (nSPS) is 8.65. The quantitative estimate of drug-likeness (QED) is 0.336. The van der Waals surface area contributed by atoms with E-state index in [2.05, 4.69) is 5.43 Å². The molecule has 8 heteroatoms. The Balaban J connectivity index is 0. The molecule has 1 aromatic rings. The Hall–Kier alpha value is -0.296. The first-order chi connectivity index (χ1) is 7.10. The van der Waals surface area contributed by atoms with Crippen molar-refractivity contribution < 1.29 is 56.6 Å². The van der Waals surface area contributed by atoms with Crippen LogP contribution in [0.4, 0.5) is 11.4 Å². The molecule has 0 atom stereocenters. The third-order valence-corrected chi connectivity index (χ3v) is 1.98. The van der Waals surface area contributed by atoms with Gasteiger partial charge in [0.15, 0.2) is 0 Å². The van der Waals surface area contributed by atoms with Crippen molar-refractivity contribution in [3.63, 3.8) is 0 Å². The number of rotatable bonds is 3. The number of hydroxylamine groups is 2. The number of carbonyl (C=O) groups is 1. The fourth-order valence-electron chi connectivity index (χ4n) is 1.05. The number of anilines is 1. The van der Waals surface area contributed by atoms with Gasteiger partial charge in [-0.05, 0) is 12.1 Å². The standard InChI is InChI=1S/C9H13N4O2.Am.Y/c1-13(15-2)9(14)6-3-4-7(10)8(5-6)12-11;;/h3-5H,11H2,1-2H3,(H2,10,14);;/q-1;;. The van der Waals surface area contributed by atoms with Gasteiger partial charge in [-0.25, -0.2) is 5.06 Å². The average molecular weight is 541 g/mol. The van der Waals surface area contributed by atoms with Gasteiger partial charge >= 0.3 is 0 Å². The summed E-state index contributed by atoms with van der Waals surface area (Å²) in [4.78, 5) is 16.4. The van der Waals surface area contributed by atoms with Crippen molar-refractivity contribution in [1.82, 2.24) is 5.06 Å². The number of nitrogens with zero attached hydrogens (tertiary/aromatic N) is 2. The van der Waals surface area contributed by atoms with Crippen molar-refractivity contribution in [2.24, 2.45) is 5.84 Å². The van der Waals surface area contributed by atoms with E-state index >= 15 is 0 Å². The molecule has 0 aromatic heterocycles. The van der Waals surface area contributed by atoms with E-state index in [-0.39, 0.29) is 52.9 Å². The second-order valence-corrected chi connectivity index (χ2v) is 2.89. The van der Waals surface area contributed by atoms with Gasteiger partial charge in [-0.15, -0.1) is 5.69 Å². The van der Waals surface area contributed by atoms with Gasteiger partial charge in [0.25, 0.3) is 5.91 Å². The van der Waals surface area contributed by atoms with Gasteiger partial charge in [-0.1, -0.05) is 6.07 Å². The predicted octanol–water partition coefficient (Wildman–Crippen LogP) is 0.779. The Bertz CT molecular complexity index is 378. The molecular formula is C9H13AmN4O2Y-. The Labute approximate surface area is 133 Å². The number of hydrogen-bond acceptors (Lipinski definition) is 4. The summed E-state index contributed by atoms with van der Waals surface area (Å²) < 4.78 is 0. The van der Waals surface area contributed by atoms with E-state index in [1.54, 1.807) is 12.1 Å². The second kappa shape index (κ2) is 8.74. The van der Waals surface area contributed by atoms with Crippen LogP contribution >= 0.6 is 0 Å². The Morgan fingerprint density at radius 3 is 2.53 bits per heavy atom. The van der Waals surface area contributed by atoms with Crippen LogP contribution in [-0.4, -0.2) is 25.1 Å². The van der Waals surface area contributed by atoms with Crippen molar-refractivity contribution in [1.29, 1.82) is 0 Å². The molecule has 4 N–H and O–H groups in total. The largest absolute Gasteiger partial charge is 0.624 e. The SMILES string of the molecule is CON(C)C(=O)c1ccc(N)c([N-]N)c1.[Am].[Y]. The molecule has 1 aromatic carbocycles. The van der Waals surface area contributed by atoms with E-state index in [0.29, 0.717) is 16.9 Å². The molecule has 0 aliphatic rings. The van der Waals surface area contributed by atoms with E-state index in [1.807, 2.05) is 0 Å². The maximum Gasteiger partial charge on any atom is 0.277 e. The summed E-state index contributed by atoms with van der Waals surface area (Å²) in [7, 11) is 2.92. The third-order valence-electron chi connectivity index (χ3n) is 1.98. The second-order valence-electron chi connectivity index (χ2n) is 2.89. The van der Waals surface area contributed by atoms with Crippen LogP contribution < -0.4 is 11.6 Å². The van der Waals surface area contributed by atoms with E-state index < -0.39 is 0 Å². The van der Waals surface area contributed by atoms with Gasteiger partial charge in [0, 0.05) is 65.3 Å². The number of benzene rings is 1. The molecule has 6 nitrogen and oxygen atoms in total. The van der Waals surface area contributed by atoms with Crippen molar-refractivity contribution in [3.05, 3.63) is 29.2 Å². The minimum atomic E-state index is -0.289. The summed E-state index contributed by atoms with van der Waals surface area (Å²) >= 11 is 0. The molecule has 0 bridgehead atoms. The summed E-state index contributed by atoms with van der Waals surface area (Å²) in [6, 6.07) is 4.66. The predicted molar refractivity (Wildman–Crippen MR) is 57.2 cm³/mol. The first-order valence-corrected chi connectivity index (χ1v) is 4.22. The molecule has 0 spiro atoms. The zero-order chi connectivity index (χ0) is 11.4. The Morgan fingerprint density at radius 1 is 1.47 bits per heavy atom. The smallest absolute Gasteiger partial charge is 0.277 e. The molecule has 0 aliphatic carbocycles. The fourth-order valence-corrected chi connectivity index (χ4v) is 1.05. The van der Waals surface area contributed by atoms with Gasteiger partial charge in [0.05, 0.1) is 7.11 Å². The van der Waals surface area contributed by atoms with Gasteiger partial charge in [0.2, 0.25) is 0 Å². The molecule has 0 heterocycles. The van der Waals surface area contributed by atoms with Crippen molar-refractivity contribution in [2.45, 2.75) is 0 Å². The van der Waals surface area contributed by atoms with Crippen LogP contribution in [0, 0.1) is 14.3 Å². The number of nitrogens with two attached hydrogens (primary N) is 2. The molecule has 0 fully saturated rings. The summed E-state index contributed by atoms with van der Waals surface area (Å²) in [5, 5.41) is 1.10. The summed E-state index contributed by atoms with van der Waals surface area (Å²) in [5.74, 6) is 4.83. The van der Waals surface area contributed by atoms with Crippen LogP contribution in [0.1, 0.15) is 10.4 Å². The average Bonchev–Trinajstić information content (AvgIpc) is 2.27. The molecule has 2 radical (unpaired) electrons. The molecule has 0 unspecified atom stereocenters. The zero-order valence-corrected chi connectivity index (χ0v) is 15.5. The van der Waals surface area contributed by atoms with E-state index in [0.717, 1.165) is 5.06 Å². The van der Waals surface area contributed by atoms with Crippen LogP contribution in [0.15, 0.2) is 18.2 Å². The molecule has 0 saturated heterocycles. The maximum absolute atomic E-state index is 11.6. The van der Waals surface area contributed by atoms with Crippen LogP contribution in [0.5, 0.6) is 0 Å². The molecular weight excluding hydrogens is 528 g/mol. The molecule has 1 rings (SSSR count). The molecule has 1 amide bonds. The molecule has 0 saturated carbocycles. The van der Waals surface area contributed by atoms with E-state index in [1.165, 1.54) is 20.2 Å². The monoisotopic (exact) mass is 539 g/mol. The number of amides is 1. The number of carbonyl (C=O) groups excluding carboxylic acids is 1. The minimum Gasteiger partial charge on any atom is -0.624 e. The molecule has 17 heavy (non-hydrogen) atoms. The van der Waals surface area contributed by atoms with Crippen LogP contribution in [0.3, 0.4) is 0 Å². The third kappa shape index (κ3) is 4.83. The summed E-state index contributed by atoms with van der Waals surface area (Å²) in [6.45, 7) is 0. The van der Waals surface area contributed by atoms with Gasteiger partial charge < -0.3 is 17.0 Å². The van der Waals surface area contributed by atoms with Gasteiger partial charge in [-0.2, -0.15) is 0 Å². The molecule has 0 aliphatic heterocycles. The van der Waals surface area contributed by atoms with Crippen molar-refractivity contribution in [2.75, 3.05) is 19.9 Å². The first-order valence-electron chi connectivity index (χ1n) is 4.22. The number of nitrogen functional groups attached to an aromatic ring is 1. The summed E-state index contributed by atoms with van der Waals surface area (Å²) in [5.41, 5.74) is 10.3. The Morgan fingerprint density at radius 2 is 2.06 bits per heavy atom. The van der Waals surface area contributed by atoms with Crippen molar-refractivity contribution >= 4 is 17.3 Å². The van der Waals surface area contributed by atoms with Crippen molar-refractivity contribution in [3.8, 4) is 0 Å². The van der Waals surface area contributed by atoms with Gasteiger partial charge in [0.1, 0.15) is 0 Å². The van der Waals surface area contributed by atoms with Crippen LogP contribution in [0.25, 0.3) is 5.43 Å². The number of hydrogen-bond donors (Lipinski definition) is 2. The minimum absolute atomic E-state index is 0. The van der Waals surface area contributed by atoms with Crippen LogP contribution in [0.2, 0.25) is 0 Å². The fraction of sp³-hybridized carbons (Fsp3) is 0.222. The molecule has 92 valence electrons. The Kier molecular flexibility index (Phi) is 9.80. The van der Waals surface area contributed by atoms with E-state index in [4.69, 9.17) is 16.4 Å². The maximum atomic E-state index is 11.6. The van der Waals surface area contributed by atoms with Gasteiger partial charge in [-0.3, -0.25) is 9.63 Å². The first kappa shape index (κ1) is 19.1. The topological polar surface area (TPSA) is 95.7 Å². The van der Waals surface area contributed by atoms with Crippen LogP contribution in [-0.2, 0) is 37.5 Å². The zero-order valence-electron chi connectivity index (χ0n) is 9.55. The van der Waals surface area contributed by atoms with E-state index in [9.17, 15) is 4.79 Å².